The van der Waals surface area contributed by atoms with E-state index < -0.39 is 16.9 Å². The molecule has 9 heavy (non-hydrogen) atoms. The highest BCUT2D eigenvalue weighted by Crippen LogP contribution is 2.12. The van der Waals surface area contributed by atoms with E-state index in [1.54, 1.807) is 19.6 Å². The van der Waals surface area contributed by atoms with Gasteiger partial charge in [0.15, 0.2) is 0 Å². The molecule has 0 aromatic rings. The topological polar surface area (TPSA) is 43.4 Å². The summed E-state index contributed by atoms with van der Waals surface area (Å²) >= 11 is 2.40. The lowest BCUT2D eigenvalue weighted by molar-refractivity contribution is 0.506. The first-order valence-electron chi connectivity index (χ1n) is 2.36. The van der Waals surface area contributed by atoms with E-state index in [1.807, 2.05) is 0 Å². The third-order valence-electron chi connectivity index (χ3n) is 0.350. The zero-order chi connectivity index (χ0) is 7.71. The lowest BCUT2D eigenvalue weighted by Crippen LogP contribution is -2.26. The van der Waals surface area contributed by atoms with Gasteiger partial charge >= 0.3 is 8.55 Å². The molecule has 56 valence electrons. The summed E-state index contributed by atoms with van der Waals surface area (Å²) in [5.74, 6) is 0. The van der Waals surface area contributed by atoms with Crippen molar-refractivity contribution in [3.8, 4) is 0 Å². The highest BCUT2D eigenvalue weighted by atomic mass is 79.9. The summed E-state index contributed by atoms with van der Waals surface area (Å²) < 4.78 is 25.4. The fourth-order valence-electron chi connectivity index (χ4n) is 0.299. The predicted octanol–water partition coefficient (Wildman–Crippen LogP) is 1.48. The van der Waals surface area contributed by atoms with Crippen molar-refractivity contribution in [1.82, 2.24) is 0 Å². The van der Waals surface area contributed by atoms with Gasteiger partial charge in [0.1, 0.15) is 0 Å². The van der Waals surface area contributed by atoms with Gasteiger partial charge in [-0.15, -0.1) is 0 Å². The second kappa shape index (κ2) is 2.69. The number of rotatable bonds is 2. The minimum Gasteiger partial charge on any atom is -0.307 e. The molecule has 0 radical (unpaired) electrons. The number of halogens is 1. The quantitative estimate of drug-likeness (QED) is 0.536. The van der Waals surface area contributed by atoms with Crippen LogP contribution in [0.3, 0.4) is 0 Å². The monoisotopic (exact) mass is 232 g/mol. The van der Waals surface area contributed by atoms with Crippen LogP contribution in [0, 0.1) is 0 Å². The van der Waals surface area contributed by atoms with E-state index in [2.05, 4.69) is 18.7 Å². The summed E-state index contributed by atoms with van der Waals surface area (Å²) in [7, 11) is -5.34. The van der Waals surface area contributed by atoms with Crippen LogP contribution in [0.5, 0.6) is 0 Å². The van der Waals surface area contributed by atoms with Crippen molar-refractivity contribution >= 4 is 31.7 Å². The molecule has 0 heterocycles. The Balaban J connectivity index is 4.07. The Hall–Kier alpha value is 0.607. The Morgan fingerprint density at radius 2 is 1.67 bits per heavy atom. The molecule has 0 fully saturated rings. The minimum absolute atomic E-state index is 1.80. The Labute approximate surface area is 63.9 Å². The van der Waals surface area contributed by atoms with Crippen LogP contribution in [-0.2, 0) is 12.4 Å². The standard InChI is InChI=1S/C3H9BrO3SSi/c1-9(2,3)7-8(4,5)6/h1-3H3. The molecule has 0 bridgehead atoms. The maximum atomic E-state index is 10.4. The Kier molecular flexibility index (Phi) is 2.87. The second-order valence-corrected chi connectivity index (χ2v) is 10.6. The van der Waals surface area contributed by atoms with Crippen LogP contribution < -0.4 is 0 Å². The van der Waals surface area contributed by atoms with Gasteiger partial charge in [0.2, 0.25) is 8.32 Å². The molecule has 0 atom stereocenters. The van der Waals surface area contributed by atoms with Crippen LogP contribution in [-0.4, -0.2) is 16.7 Å². The van der Waals surface area contributed by atoms with Crippen LogP contribution in [0.15, 0.2) is 0 Å². The maximum absolute atomic E-state index is 10.4. The SMILES string of the molecule is C[Si](C)(C)OS(=O)(=O)Br. The molecular weight excluding hydrogens is 224 g/mol. The fourth-order valence-corrected chi connectivity index (χ4v) is 6.26. The molecule has 0 unspecified atom stereocenters. The fraction of sp³-hybridized carbons (Fsp3) is 1.00. The first-order chi connectivity index (χ1) is 3.71. The predicted molar refractivity (Wildman–Crippen MR) is 42.3 cm³/mol. The first-order valence-corrected chi connectivity index (χ1v) is 9.02. The Bertz CT molecular complexity index is 180. The molecule has 0 aliphatic rings. The molecular formula is C3H9BrO3SSi. The largest absolute Gasteiger partial charge is 0.319 e. The van der Waals surface area contributed by atoms with E-state index in [9.17, 15) is 8.42 Å². The highest BCUT2D eigenvalue weighted by molar-refractivity contribution is 9.46. The molecule has 0 aromatic carbocycles. The molecule has 0 aromatic heterocycles. The van der Waals surface area contributed by atoms with Gasteiger partial charge < -0.3 is 3.87 Å². The third kappa shape index (κ3) is 8.61. The summed E-state index contributed by atoms with van der Waals surface area (Å²) in [5.41, 5.74) is 0. The summed E-state index contributed by atoms with van der Waals surface area (Å²) in [6.45, 7) is 5.39. The third-order valence-corrected chi connectivity index (χ3v) is 4.34. The Morgan fingerprint density at radius 3 is 1.67 bits per heavy atom. The molecule has 0 N–H and O–H groups in total. The average Bonchev–Trinajstić information content (AvgIpc) is 1.14. The molecule has 0 amide bonds. The lowest BCUT2D eigenvalue weighted by Gasteiger charge is -2.12. The van der Waals surface area contributed by atoms with Crippen molar-refractivity contribution in [2.45, 2.75) is 19.6 Å². The molecule has 3 nitrogen and oxygen atoms in total. The summed E-state index contributed by atoms with van der Waals surface area (Å²) in [6.07, 6.45) is 0. The van der Waals surface area contributed by atoms with E-state index in [0.717, 1.165) is 0 Å². The van der Waals surface area contributed by atoms with Gasteiger partial charge in [-0.1, -0.05) is 0 Å². The molecule has 6 heteroatoms. The van der Waals surface area contributed by atoms with Crippen molar-refractivity contribution < 1.29 is 12.3 Å². The van der Waals surface area contributed by atoms with E-state index in [4.69, 9.17) is 0 Å². The van der Waals surface area contributed by atoms with Gasteiger partial charge in [-0.2, -0.15) is 8.42 Å². The molecule has 0 saturated carbocycles. The average molecular weight is 233 g/mol. The Morgan fingerprint density at radius 1 is 1.33 bits per heavy atom. The highest BCUT2D eigenvalue weighted by Gasteiger charge is 2.21. The second-order valence-electron chi connectivity index (χ2n) is 2.59. The van der Waals surface area contributed by atoms with Gasteiger partial charge in [-0.25, -0.2) is 0 Å². The van der Waals surface area contributed by atoms with Crippen LogP contribution in [0.25, 0.3) is 0 Å². The molecule has 0 saturated heterocycles. The van der Waals surface area contributed by atoms with Crippen molar-refractivity contribution in [1.29, 1.82) is 0 Å². The number of hydrogen-bond acceptors (Lipinski definition) is 3. The molecule has 0 aliphatic heterocycles. The van der Waals surface area contributed by atoms with E-state index >= 15 is 0 Å². The van der Waals surface area contributed by atoms with Crippen LogP contribution in [0.4, 0.5) is 0 Å². The molecule has 0 spiro atoms. The number of hydrogen-bond donors (Lipinski definition) is 0. The normalized spacial score (nSPS) is 13.8. The lowest BCUT2D eigenvalue weighted by atomic mass is 11.8. The van der Waals surface area contributed by atoms with E-state index in [1.165, 1.54) is 0 Å². The maximum Gasteiger partial charge on any atom is 0.319 e. The summed E-state index contributed by atoms with van der Waals surface area (Å²) in [4.78, 5) is 0. The van der Waals surface area contributed by atoms with Gasteiger partial charge in [0.05, 0.1) is 14.8 Å². The first kappa shape index (κ1) is 9.61. The minimum atomic E-state index is -3.41. The van der Waals surface area contributed by atoms with Crippen molar-refractivity contribution in [3.63, 3.8) is 0 Å². The van der Waals surface area contributed by atoms with Gasteiger partial charge in [-0.3, -0.25) is 0 Å². The smallest absolute Gasteiger partial charge is 0.307 e. The molecule has 0 aliphatic carbocycles. The van der Waals surface area contributed by atoms with E-state index in [0.29, 0.717) is 0 Å². The van der Waals surface area contributed by atoms with Crippen LogP contribution in [0.2, 0.25) is 19.6 Å². The van der Waals surface area contributed by atoms with Crippen LogP contribution in [0.1, 0.15) is 0 Å². The zero-order valence-corrected chi connectivity index (χ0v) is 8.91. The van der Waals surface area contributed by atoms with Gasteiger partial charge in [-0.05, 0) is 19.6 Å². The van der Waals surface area contributed by atoms with E-state index in [-0.39, 0.29) is 0 Å². The van der Waals surface area contributed by atoms with Gasteiger partial charge in [0.25, 0.3) is 0 Å². The van der Waals surface area contributed by atoms with Crippen LogP contribution >= 0.6 is 14.8 Å². The van der Waals surface area contributed by atoms with Gasteiger partial charge in [0, 0.05) is 0 Å². The summed E-state index contributed by atoms with van der Waals surface area (Å²) in [5, 5.41) is 0. The zero-order valence-electron chi connectivity index (χ0n) is 5.51. The summed E-state index contributed by atoms with van der Waals surface area (Å²) in [6, 6.07) is 0. The van der Waals surface area contributed by atoms with Crippen molar-refractivity contribution in [2.75, 3.05) is 0 Å². The van der Waals surface area contributed by atoms with Crippen molar-refractivity contribution in [2.24, 2.45) is 0 Å². The molecule has 0 rings (SSSR count). The van der Waals surface area contributed by atoms with Crippen molar-refractivity contribution in [3.05, 3.63) is 0 Å².